The molecule has 1 aromatic carbocycles. The Morgan fingerprint density at radius 2 is 1.93 bits per heavy atom. The average Bonchev–Trinajstić information content (AvgIpc) is 3.21. The van der Waals surface area contributed by atoms with Crippen molar-refractivity contribution in [3.63, 3.8) is 0 Å². The Balaban J connectivity index is 1.88. The Bertz CT molecular complexity index is 851. The lowest BCUT2D eigenvalue weighted by atomic mass is 10.2. The first-order chi connectivity index (χ1) is 14.3. The van der Waals surface area contributed by atoms with Crippen LogP contribution in [0.2, 0.25) is 10.0 Å². The van der Waals surface area contributed by atoms with Gasteiger partial charge in [0.1, 0.15) is 5.76 Å². The monoisotopic (exact) mass is 451 g/mol. The van der Waals surface area contributed by atoms with Crippen molar-refractivity contribution in [1.82, 2.24) is 15.1 Å². The fraction of sp³-hybridized carbons (Fsp3) is 0.364. The first kappa shape index (κ1) is 24.0. The van der Waals surface area contributed by atoms with E-state index in [-0.39, 0.29) is 24.8 Å². The molecule has 1 heterocycles. The zero-order chi connectivity index (χ0) is 21.9. The van der Waals surface area contributed by atoms with Crippen molar-refractivity contribution >= 4 is 41.1 Å². The maximum Gasteiger partial charge on any atom is 0.244 e. The summed E-state index contributed by atoms with van der Waals surface area (Å²) in [7, 11) is 3.99. The Morgan fingerprint density at radius 3 is 2.60 bits per heavy atom. The number of hydrogen-bond acceptors (Lipinski definition) is 4. The normalized spacial score (nSPS) is 11.2. The van der Waals surface area contributed by atoms with Gasteiger partial charge < -0.3 is 19.5 Å². The predicted molar refractivity (Wildman–Crippen MR) is 120 cm³/mol. The van der Waals surface area contributed by atoms with E-state index in [9.17, 15) is 9.59 Å². The SMILES string of the molecule is CN(C)CCCN(Cc1ccc(Cl)c(Cl)c1)C(=O)CCNC(=O)/C=C/c1ccco1. The molecule has 30 heavy (non-hydrogen) atoms. The maximum atomic E-state index is 12.8. The molecule has 1 aromatic heterocycles. The van der Waals surface area contributed by atoms with Crippen molar-refractivity contribution in [3.05, 3.63) is 64.0 Å². The number of benzene rings is 1. The van der Waals surface area contributed by atoms with E-state index < -0.39 is 0 Å². The lowest BCUT2D eigenvalue weighted by molar-refractivity contribution is -0.131. The second-order valence-electron chi connectivity index (χ2n) is 7.11. The Morgan fingerprint density at radius 1 is 1.13 bits per heavy atom. The van der Waals surface area contributed by atoms with Crippen LogP contribution in [0.1, 0.15) is 24.2 Å². The van der Waals surface area contributed by atoms with E-state index in [0.717, 1.165) is 18.5 Å². The van der Waals surface area contributed by atoms with Crippen LogP contribution in [-0.2, 0) is 16.1 Å². The van der Waals surface area contributed by atoms with E-state index in [2.05, 4.69) is 10.2 Å². The van der Waals surface area contributed by atoms with Crippen LogP contribution in [0.3, 0.4) is 0 Å². The van der Waals surface area contributed by atoms with E-state index in [1.54, 1.807) is 35.2 Å². The molecule has 2 aromatic rings. The number of halogens is 2. The van der Waals surface area contributed by atoms with Gasteiger partial charge in [0.25, 0.3) is 0 Å². The van der Waals surface area contributed by atoms with E-state index >= 15 is 0 Å². The van der Waals surface area contributed by atoms with E-state index in [0.29, 0.717) is 28.9 Å². The average molecular weight is 452 g/mol. The fourth-order valence-electron chi connectivity index (χ4n) is 2.78. The summed E-state index contributed by atoms with van der Waals surface area (Å²) in [5.74, 6) is 0.285. The summed E-state index contributed by atoms with van der Waals surface area (Å²) in [5.41, 5.74) is 0.910. The van der Waals surface area contributed by atoms with Crippen LogP contribution in [0.4, 0.5) is 0 Å². The third kappa shape index (κ3) is 8.61. The van der Waals surface area contributed by atoms with Crippen molar-refractivity contribution in [2.24, 2.45) is 0 Å². The van der Waals surface area contributed by atoms with Crippen LogP contribution >= 0.6 is 23.2 Å². The molecule has 2 rings (SSSR count). The quantitative estimate of drug-likeness (QED) is 0.522. The van der Waals surface area contributed by atoms with Gasteiger partial charge in [0.2, 0.25) is 11.8 Å². The highest BCUT2D eigenvalue weighted by Gasteiger charge is 2.15. The van der Waals surface area contributed by atoms with Gasteiger partial charge in [-0.1, -0.05) is 29.3 Å². The minimum Gasteiger partial charge on any atom is -0.465 e. The molecule has 0 spiro atoms. The van der Waals surface area contributed by atoms with Gasteiger partial charge in [0.05, 0.1) is 16.3 Å². The molecule has 8 heteroatoms. The molecule has 0 atom stereocenters. The molecule has 0 saturated carbocycles. The summed E-state index contributed by atoms with van der Waals surface area (Å²) >= 11 is 12.1. The van der Waals surface area contributed by atoms with Crippen molar-refractivity contribution in [1.29, 1.82) is 0 Å². The summed E-state index contributed by atoms with van der Waals surface area (Å²) in [6.45, 7) is 2.18. The highest BCUT2D eigenvalue weighted by atomic mass is 35.5. The van der Waals surface area contributed by atoms with Gasteiger partial charge in [0.15, 0.2) is 0 Å². The number of amides is 2. The Labute approximate surface area is 187 Å². The second-order valence-corrected chi connectivity index (χ2v) is 7.92. The van der Waals surface area contributed by atoms with Gasteiger partial charge in [0, 0.05) is 32.1 Å². The minimum absolute atomic E-state index is 0.0323. The molecule has 0 aliphatic rings. The van der Waals surface area contributed by atoms with Gasteiger partial charge in [-0.05, 0) is 63.0 Å². The van der Waals surface area contributed by atoms with E-state index in [4.69, 9.17) is 27.6 Å². The topological polar surface area (TPSA) is 65.8 Å². The van der Waals surface area contributed by atoms with Crippen LogP contribution < -0.4 is 5.32 Å². The highest BCUT2D eigenvalue weighted by Crippen LogP contribution is 2.23. The fourth-order valence-corrected chi connectivity index (χ4v) is 3.10. The molecule has 1 N–H and O–H groups in total. The lowest BCUT2D eigenvalue weighted by Crippen LogP contribution is -2.35. The third-order valence-electron chi connectivity index (χ3n) is 4.32. The number of carbonyl (C=O) groups is 2. The molecule has 0 aliphatic carbocycles. The summed E-state index contributed by atoms with van der Waals surface area (Å²) < 4.78 is 5.14. The molecule has 0 unspecified atom stereocenters. The number of nitrogens with one attached hydrogen (secondary N) is 1. The summed E-state index contributed by atoms with van der Waals surface area (Å²) in [6, 6.07) is 8.86. The van der Waals surface area contributed by atoms with E-state index in [1.807, 2.05) is 20.2 Å². The number of furan rings is 1. The largest absolute Gasteiger partial charge is 0.465 e. The molecular weight excluding hydrogens is 425 g/mol. The lowest BCUT2D eigenvalue weighted by Gasteiger charge is -2.24. The maximum absolute atomic E-state index is 12.8. The van der Waals surface area contributed by atoms with Crippen molar-refractivity contribution in [3.8, 4) is 0 Å². The second kappa shape index (κ2) is 12.4. The molecule has 2 amide bonds. The summed E-state index contributed by atoms with van der Waals surface area (Å²) in [5, 5.41) is 3.67. The molecule has 0 bridgehead atoms. The molecule has 0 fully saturated rings. The molecule has 6 nitrogen and oxygen atoms in total. The predicted octanol–water partition coefficient (Wildman–Crippen LogP) is 4.09. The van der Waals surface area contributed by atoms with Crippen LogP contribution in [-0.4, -0.2) is 55.3 Å². The standard InChI is InChI=1S/C22H27Cl2N3O3/c1-26(2)12-4-13-27(16-17-6-8-19(23)20(24)15-17)22(29)10-11-25-21(28)9-7-18-5-3-14-30-18/h3,5-9,14-15H,4,10-13,16H2,1-2H3,(H,25,28)/b9-7+. The first-order valence-corrected chi connectivity index (χ1v) is 10.5. The van der Waals surface area contributed by atoms with Crippen LogP contribution in [0.25, 0.3) is 6.08 Å². The summed E-state index contributed by atoms with van der Waals surface area (Å²) in [6.07, 6.45) is 5.56. The number of carbonyl (C=O) groups excluding carboxylic acids is 2. The molecule has 0 aliphatic heterocycles. The van der Waals surface area contributed by atoms with Gasteiger partial charge in [-0.3, -0.25) is 9.59 Å². The summed E-state index contributed by atoms with van der Waals surface area (Å²) in [4.78, 5) is 28.5. The van der Waals surface area contributed by atoms with Crippen molar-refractivity contribution in [2.45, 2.75) is 19.4 Å². The van der Waals surface area contributed by atoms with E-state index in [1.165, 1.54) is 12.3 Å². The van der Waals surface area contributed by atoms with Crippen LogP contribution in [0.15, 0.2) is 47.1 Å². The molecular formula is C22H27Cl2N3O3. The first-order valence-electron chi connectivity index (χ1n) is 9.71. The minimum atomic E-state index is -0.275. The van der Waals surface area contributed by atoms with Gasteiger partial charge >= 0.3 is 0 Å². The zero-order valence-electron chi connectivity index (χ0n) is 17.2. The molecule has 162 valence electrons. The third-order valence-corrected chi connectivity index (χ3v) is 5.06. The molecule has 0 radical (unpaired) electrons. The van der Waals surface area contributed by atoms with Crippen LogP contribution in [0.5, 0.6) is 0 Å². The van der Waals surface area contributed by atoms with Crippen LogP contribution in [0, 0.1) is 0 Å². The number of nitrogens with zero attached hydrogens (tertiary/aromatic N) is 2. The van der Waals surface area contributed by atoms with Crippen molar-refractivity contribution in [2.75, 3.05) is 33.7 Å². The number of rotatable bonds is 11. The number of hydrogen-bond donors (Lipinski definition) is 1. The Kier molecular flexibility index (Phi) is 9.94. The Hall–Kier alpha value is -2.28. The highest BCUT2D eigenvalue weighted by molar-refractivity contribution is 6.42. The van der Waals surface area contributed by atoms with Crippen molar-refractivity contribution < 1.29 is 14.0 Å². The zero-order valence-corrected chi connectivity index (χ0v) is 18.7. The van der Waals surface area contributed by atoms with Gasteiger partial charge in [-0.25, -0.2) is 0 Å². The smallest absolute Gasteiger partial charge is 0.244 e. The molecule has 0 saturated heterocycles. The van der Waals surface area contributed by atoms with Gasteiger partial charge in [-0.2, -0.15) is 0 Å². The van der Waals surface area contributed by atoms with Gasteiger partial charge in [-0.15, -0.1) is 0 Å².